The van der Waals surface area contributed by atoms with Gasteiger partial charge in [0.1, 0.15) is 12.0 Å². The third-order valence-electron chi connectivity index (χ3n) is 4.97. The molecule has 0 radical (unpaired) electrons. The zero-order valence-electron chi connectivity index (χ0n) is 18.0. The number of carbonyl (C=O) groups excluding carboxylic acids is 1. The lowest BCUT2D eigenvalue weighted by Crippen LogP contribution is -2.24. The SMILES string of the molecule is C=C(NC(C)c1ccc(C(=N)N=N)cc1)c1cc(C(=O)NCc2ccc(C)cc2)ncn1. The molecule has 2 aromatic carbocycles. The largest absolute Gasteiger partial charge is 0.377 e. The molecule has 1 heterocycles. The summed E-state index contributed by atoms with van der Waals surface area (Å²) in [5.74, 6) is -0.372. The molecule has 0 aliphatic carbocycles. The van der Waals surface area contributed by atoms with Crippen LogP contribution in [0.4, 0.5) is 0 Å². The number of hydrogen-bond acceptors (Lipinski definition) is 6. The van der Waals surface area contributed by atoms with Gasteiger partial charge in [-0.05, 0) is 31.0 Å². The molecule has 0 saturated heterocycles. The number of hydrogen-bond donors (Lipinski definition) is 4. The van der Waals surface area contributed by atoms with Gasteiger partial charge in [-0.25, -0.2) is 15.5 Å². The Morgan fingerprint density at radius 2 is 1.75 bits per heavy atom. The van der Waals surface area contributed by atoms with Crippen LogP contribution in [0.25, 0.3) is 5.70 Å². The topological polar surface area (TPSA) is 127 Å². The van der Waals surface area contributed by atoms with E-state index >= 15 is 0 Å². The van der Waals surface area contributed by atoms with E-state index in [1.54, 1.807) is 18.2 Å². The Balaban J connectivity index is 1.62. The van der Waals surface area contributed by atoms with Crippen LogP contribution in [-0.4, -0.2) is 21.7 Å². The molecule has 8 heteroatoms. The number of amides is 1. The molecule has 0 fully saturated rings. The lowest BCUT2D eigenvalue weighted by atomic mass is 10.1. The minimum absolute atomic E-state index is 0.0873. The molecule has 32 heavy (non-hydrogen) atoms. The molecule has 1 amide bonds. The average Bonchev–Trinajstić information content (AvgIpc) is 2.83. The van der Waals surface area contributed by atoms with Crippen LogP contribution in [0.5, 0.6) is 0 Å². The molecule has 8 nitrogen and oxygen atoms in total. The quantitative estimate of drug-likeness (QED) is 0.241. The molecule has 0 saturated carbocycles. The predicted octanol–water partition coefficient (Wildman–Crippen LogP) is 4.39. The van der Waals surface area contributed by atoms with Crippen molar-refractivity contribution in [2.45, 2.75) is 26.4 Å². The van der Waals surface area contributed by atoms with Gasteiger partial charge in [0.05, 0.1) is 11.4 Å². The standard InChI is InChI=1S/C24H25N7O/c1-15-4-6-18(7-5-15)13-27-24(32)22-12-21(28-14-29-22)17(3)30-16(2)19-8-10-20(11-9-19)23(25)31-26/h4-12,14,16,25-26,30H,3,13H2,1-2H3,(H,27,32). The van der Waals surface area contributed by atoms with Crippen LogP contribution in [0.2, 0.25) is 0 Å². The van der Waals surface area contributed by atoms with Gasteiger partial charge in [0, 0.05) is 18.2 Å². The fraction of sp³-hybridized carbons (Fsp3) is 0.167. The zero-order valence-corrected chi connectivity index (χ0v) is 18.0. The van der Waals surface area contributed by atoms with Crippen molar-refractivity contribution < 1.29 is 4.79 Å². The maximum absolute atomic E-state index is 12.5. The van der Waals surface area contributed by atoms with Gasteiger partial charge >= 0.3 is 0 Å². The fourth-order valence-electron chi connectivity index (χ4n) is 3.04. The summed E-state index contributed by atoms with van der Waals surface area (Å²) in [7, 11) is 0. The van der Waals surface area contributed by atoms with Crippen molar-refractivity contribution in [3.05, 3.63) is 101 Å². The maximum Gasteiger partial charge on any atom is 0.270 e. The summed E-state index contributed by atoms with van der Waals surface area (Å²) in [6.07, 6.45) is 1.35. The summed E-state index contributed by atoms with van der Waals surface area (Å²) >= 11 is 0. The maximum atomic E-state index is 12.5. The van der Waals surface area contributed by atoms with Crippen LogP contribution in [0, 0.1) is 17.9 Å². The first kappa shape index (κ1) is 22.5. The van der Waals surface area contributed by atoms with Crippen molar-refractivity contribution in [1.82, 2.24) is 20.6 Å². The summed E-state index contributed by atoms with van der Waals surface area (Å²) in [4.78, 5) is 20.8. The van der Waals surface area contributed by atoms with Crippen molar-refractivity contribution >= 4 is 17.4 Å². The second-order valence-corrected chi connectivity index (χ2v) is 7.38. The molecular formula is C24H25N7O. The lowest BCUT2D eigenvalue weighted by Gasteiger charge is -2.17. The summed E-state index contributed by atoms with van der Waals surface area (Å²) in [5.41, 5.74) is 12.0. The van der Waals surface area contributed by atoms with E-state index in [4.69, 9.17) is 10.9 Å². The number of benzene rings is 2. The Hall–Kier alpha value is -4.20. The molecule has 4 N–H and O–H groups in total. The first-order valence-electron chi connectivity index (χ1n) is 10.1. The highest BCUT2D eigenvalue weighted by Crippen LogP contribution is 2.18. The summed E-state index contributed by atoms with van der Waals surface area (Å²) < 4.78 is 0. The third kappa shape index (κ3) is 5.69. The second-order valence-electron chi connectivity index (χ2n) is 7.38. The van der Waals surface area contributed by atoms with Crippen molar-refractivity contribution in [2.75, 3.05) is 0 Å². The predicted molar refractivity (Wildman–Crippen MR) is 123 cm³/mol. The van der Waals surface area contributed by atoms with Gasteiger partial charge in [0.2, 0.25) is 0 Å². The van der Waals surface area contributed by atoms with Crippen molar-refractivity contribution in [1.29, 1.82) is 10.9 Å². The van der Waals surface area contributed by atoms with E-state index in [9.17, 15) is 4.79 Å². The van der Waals surface area contributed by atoms with Gasteiger partial charge in [-0.15, -0.1) is 5.11 Å². The number of aryl methyl sites for hydroxylation is 1. The van der Waals surface area contributed by atoms with E-state index in [2.05, 4.69) is 32.3 Å². The van der Waals surface area contributed by atoms with E-state index in [-0.39, 0.29) is 23.5 Å². The smallest absolute Gasteiger partial charge is 0.270 e. The molecule has 0 aliphatic rings. The molecule has 162 valence electrons. The Kier molecular flexibility index (Phi) is 7.17. The van der Waals surface area contributed by atoms with Crippen LogP contribution in [0.3, 0.4) is 0 Å². The van der Waals surface area contributed by atoms with E-state index in [0.717, 1.165) is 11.1 Å². The number of amidine groups is 1. The molecule has 3 aromatic rings. The van der Waals surface area contributed by atoms with Crippen LogP contribution in [0.15, 0.2) is 72.6 Å². The Labute approximate surface area is 186 Å². The molecule has 3 rings (SSSR count). The summed E-state index contributed by atoms with van der Waals surface area (Å²) in [6.45, 7) is 8.44. The normalized spacial score (nSPS) is 11.3. The van der Waals surface area contributed by atoms with Crippen molar-refractivity contribution in [3.8, 4) is 0 Å². The van der Waals surface area contributed by atoms with E-state index < -0.39 is 0 Å². The van der Waals surface area contributed by atoms with Gasteiger partial charge in [-0.1, -0.05) is 60.7 Å². The summed E-state index contributed by atoms with van der Waals surface area (Å²) in [6, 6.07) is 16.7. The monoisotopic (exact) mass is 427 g/mol. The van der Waals surface area contributed by atoms with Crippen LogP contribution in [0.1, 0.15) is 51.4 Å². The van der Waals surface area contributed by atoms with Crippen LogP contribution in [-0.2, 0) is 6.54 Å². The van der Waals surface area contributed by atoms with E-state index in [1.165, 1.54) is 11.9 Å². The highest BCUT2D eigenvalue weighted by molar-refractivity contribution is 5.96. The number of rotatable bonds is 8. The lowest BCUT2D eigenvalue weighted by molar-refractivity contribution is 0.0945. The minimum Gasteiger partial charge on any atom is -0.377 e. The first-order valence-corrected chi connectivity index (χ1v) is 10.1. The minimum atomic E-state index is -0.284. The first-order chi connectivity index (χ1) is 15.4. The second kappa shape index (κ2) is 10.2. The molecule has 1 unspecified atom stereocenters. The van der Waals surface area contributed by atoms with Gasteiger partial charge in [-0.3, -0.25) is 10.2 Å². The molecular weight excluding hydrogens is 402 g/mol. The van der Waals surface area contributed by atoms with E-state index in [0.29, 0.717) is 23.5 Å². The molecule has 0 bridgehead atoms. The van der Waals surface area contributed by atoms with Crippen molar-refractivity contribution in [2.24, 2.45) is 5.11 Å². The molecule has 0 aliphatic heterocycles. The Morgan fingerprint density at radius 3 is 2.41 bits per heavy atom. The van der Waals surface area contributed by atoms with E-state index in [1.807, 2.05) is 50.2 Å². The average molecular weight is 428 g/mol. The molecule has 0 spiro atoms. The van der Waals surface area contributed by atoms with Gasteiger partial charge in [0.15, 0.2) is 5.84 Å². The zero-order chi connectivity index (χ0) is 23.1. The van der Waals surface area contributed by atoms with Gasteiger partial charge < -0.3 is 10.6 Å². The fourth-order valence-corrected chi connectivity index (χ4v) is 3.04. The van der Waals surface area contributed by atoms with Crippen molar-refractivity contribution in [3.63, 3.8) is 0 Å². The Morgan fingerprint density at radius 1 is 1.09 bits per heavy atom. The summed E-state index contributed by atoms with van der Waals surface area (Å²) in [5, 5.41) is 16.9. The van der Waals surface area contributed by atoms with Crippen LogP contribution >= 0.6 is 0 Å². The number of nitrogens with zero attached hydrogens (tertiary/aromatic N) is 3. The van der Waals surface area contributed by atoms with Gasteiger partial charge in [0.25, 0.3) is 5.91 Å². The number of aromatic nitrogens is 2. The third-order valence-corrected chi connectivity index (χ3v) is 4.97. The molecule has 1 aromatic heterocycles. The Bertz CT molecular complexity index is 1140. The van der Waals surface area contributed by atoms with Crippen LogP contribution < -0.4 is 10.6 Å². The van der Waals surface area contributed by atoms with Gasteiger partial charge in [-0.2, -0.15) is 0 Å². The number of nitrogens with one attached hydrogen (secondary N) is 4. The highest BCUT2D eigenvalue weighted by Gasteiger charge is 2.13. The number of carbonyl (C=O) groups is 1. The highest BCUT2D eigenvalue weighted by atomic mass is 16.1. The molecule has 1 atom stereocenters.